The van der Waals surface area contributed by atoms with Gasteiger partial charge in [0.25, 0.3) is 0 Å². The summed E-state index contributed by atoms with van der Waals surface area (Å²) in [5.41, 5.74) is 2.03. The SMILES string of the molecule is CC(=O)C(=O)c1ccc2c(c1)CCC(=O)N2. The van der Waals surface area contributed by atoms with E-state index in [1.54, 1.807) is 18.2 Å². The lowest BCUT2D eigenvalue weighted by Gasteiger charge is -2.16. The first kappa shape index (κ1) is 10.5. The van der Waals surface area contributed by atoms with Gasteiger partial charge in [0.05, 0.1) is 0 Å². The molecule has 1 heterocycles. The van der Waals surface area contributed by atoms with Crippen LogP contribution in [-0.4, -0.2) is 17.5 Å². The molecule has 82 valence electrons. The summed E-state index contributed by atoms with van der Waals surface area (Å²) < 4.78 is 0. The van der Waals surface area contributed by atoms with Crippen LogP contribution >= 0.6 is 0 Å². The summed E-state index contributed by atoms with van der Waals surface area (Å²) >= 11 is 0. The summed E-state index contributed by atoms with van der Waals surface area (Å²) in [7, 11) is 0. The summed E-state index contributed by atoms with van der Waals surface area (Å²) in [5.74, 6) is -0.974. The molecule has 0 bridgehead atoms. The van der Waals surface area contributed by atoms with E-state index >= 15 is 0 Å². The van der Waals surface area contributed by atoms with Crippen molar-refractivity contribution in [3.63, 3.8) is 0 Å². The van der Waals surface area contributed by atoms with Crippen molar-refractivity contribution < 1.29 is 14.4 Å². The Bertz CT molecular complexity index is 491. The number of rotatable bonds is 2. The molecule has 1 amide bonds. The van der Waals surface area contributed by atoms with Gasteiger partial charge in [-0.25, -0.2) is 0 Å². The molecule has 1 aliphatic rings. The summed E-state index contributed by atoms with van der Waals surface area (Å²) in [4.78, 5) is 33.5. The maximum atomic E-state index is 11.5. The molecule has 0 unspecified atom stereocenters. The van der Waals surface area contributed by atoms with E-state index in [2.05, 4.69) is 5.32 Å². The number of hydrogen-bond acceptors (Lipinski definition) is 3. The maximum Gasteiger partial charge on any atom is 0.228 e. The topological polar surface area (TPSA) is 63.2 Å². The molecule has 4 nitrogen and oxygen atoms in total. The lowest BCUT2D eigenvalue weighted by atomic mass is 9.98. The number of ketones is 2. The number of benzene rings is 1. The van der Waals surface area contributed by atoms with Crippen molar-refractivity contribution in [2.24, 2.45) is 0 Å². The number of carbonyl (C=O) groups excluding carboxylic acids is 3. The average Bonchev–Trinajstić information content (AvgIpc) is 2.27. The summed E-state index contributed by atoms with van der Waals surface area (Å²) in [6.45, 7) is 1.25. The van der Waals surface area contributed by atoms with Gasteiger partial charge >= 0.3 is 0 Å². The van der Waals surface area contributed by atoms with E-state index in [-0.39, 0.29) is 5.91 Å². The molecular weight excluding hydrogens is 206 g/mol. The lowest BCUT2D eigenvalue weighted by molar-refractivity contribution is -0.116. The molecule has 2 rings (SSSR count). The third-order valence-electron chi connectivity index (χ3n) is 2.58. The highest BCUT2D eigenvalue weighted by atomic mass is 16.2. The van der Waals surface area contributed by atoms with Crippen molar-refractivity contribution in [2.75, 3.05) is 5.32 Å². The summed E-state index contributed by atoms with van der Waals surface area (Å²) in [6, 6.07) is 4.91. The zero-order valence-electron chi connectivity index (χ0n) is 8.87. The van der Waals surface area contributed by atoms with Gasteiger partial charge in [-0.3, -0.25) is 14.4 Å². The van der Waals surface area contributed by atoms with Crippen molar-refractivity contribution >= 4 is 23.2 Å². The van der Waals surface area contributed by atoms with Gasteiger partial charge in [0.1, 0.15) is 0 Å². The molecule has 0 spiro atoms. The van der Waals surface area contributed by atoms with E-state index < -0.39 is 11.6 Å². The van der Waals surface area contributed by atoms with Gasteiger partial charge in [-0.1, -0.05) is 0 Å². The minimum Gasteiger partial charge on any atom is -0.326 e. The fourth-order valence-corrected chi connectivity index (χ4v) is 1.73. The molecule has 16 heavy (non-hydrogen) atoms. The van der Waals surface area contributed by atoms with Crippen LogP contribution in [0, 0.1) is 0 Å². The molecule has 0 radical (unpaired) electrons. The average molecular weight is 217 g/mol. The van der Waals surface area contributed by atoms with Crippen molar-refractivity contribution in [2.45, 2.75) is 19.8 Å². The molecule has 0 aromatic heterocycles. The number of hydrogen-bond donors (Lipinski definition) is 1. The molecule has 0 saturated carbocycles. The van der Waals surface area contributed by atoms with Gasteiger partial charge in [-0.2, -0.15) is 0 Å². The van der Waals surface area contributed by atoms with Gasteiger partial charge in [0, 0.05) is 24.6 Å². The zero-order valence-corrected chi connectivity index (χ0v) is 8.87. The minimum atomic E-state index is -0.486. The largest absolute Gasteiger partial charge is 0.326 e. The Kier molecular flexibility index (Phi) is 2.56. The third kappa shape index (κ3) is 1.86. The molecule has 1 aromatic rings. The Morgan fingerprint density at radius 1 is 1.25 bits per heavy atom. The number of anilines is 1. The number of Topliss-reactive ketones (excluding diaryl/α,β-unsaturated/α-hetero) is 2. The number of aryl methyl sites for hydroxylation is 1. The van der Waals surface area contributed by atoms with Crippen molar-refractivity contribution in [3.8, 4) is 0 Å². The maximum absolute atomic E-state index is 11.5. The van der Waals surface area contributed by atoms with E-state index in [4.69, 9.17) is 0 Å². The van der Waals surface area contributed by atoms with E-state index in [9.17, 15) is 14.4 Å². The Hall–Kier alpha value is -1.97. The Labute approximate surface area is 92.6 Å². The van der Waals surface area contributed by atoms with E-state index in [0.29, 0.717) is 18.4 Å². The molecule has 0 saturated heterocycles. The van der Waals surface area contributed by atoms with Gasteiger partial charge in [-0.05, 0) is 30.2 Å². The smallest absolute Gasteiger partial charge is 0.228 e. The number of carbonyl (C=O) groups is 3. The molecular formula is C12H11NO3. The van der Waals surface area contributed by atoms with Crippen LogP contribution in [0.25, 0.3) is 0 Å². The predicted molar refractivity (Wildman–Crippen MR) is 58.4 cm³/mol. The fraction of sp³-hybridized carbons (Fsp3) is 0.250. The molecule has 0 fully saturated rings. The monoisotopic (exact) mass is 217 g/mol. The molecule has 1 N–H and O–H groups in total. The lowest BCUT2D eigenvalue weighted by Crippen LogP contribution is -2.19. The van der Waals surface area contributed by atoms with Gasteiger partial charge < -0.3 is 5.32 Å². The number of nitrogens with one attached hydrogen (secondary N) is 1. The van der Waals surface area contributed by atoms with Crippen LogP contribution in [0.5, 0.6) is 0 Å². The standard InChI is InChI=1S/C12H11NO3/c1-7(14)12(16)9-2-4-10-8(6-9)3-5-11(15)13-10/h2,4,6H,3,5H2,1H3,(H,13,15). The van der Waals surface area contributed by atoms with Crippen LogP contribution in [0.2, 0.25) is 0 Å². The fourth-order valence-electron chi connectivity index (χ4n) is 1.73. The van der Waals surface area contributed by atoms with Crippen molar-refractivity contribution in [3.05, 3.63) is 29.3 Å². The summed E-state index contributed by atoms with van der Waals surface area (Å²) in [6.07, 6.45) is 1.03. The quantitative estimate of drug-likeness (QED) is 0.600. The van der Waals surface area contributed by atoms with Crippen LogP contribution in [0.3, 0.4) is 0 Å². The molecule has 4 heteroatoms. The summed E-state index contributed by atoms with van der Waals surface area (Å²) in [5, 5.41) is 2.72. The highest BCUT2D eigenvalue weighted by Crippen LogP contribution is 2.23. The van der Waals surface area contributed by atoms with Crippen LogP contribution < -0.4 is 5.32 Å². The van der Waals surface area contributed by atoms with Crippen LogP contribution in [0.15, 0.2) is 18.2 Å². The predicted octanol–water partition coefficient (Wildman–Crippen LogP) is 1.34. The second-order valence-electron chi connectivity index (χ2n) is 3.81. The number of fused-ring (bicyclic) bond motifs is 1. The second kappa shape index (κ2) is 3.89. The van der Waals surface area contributed by atoms with Crippen molar-refractivity contribution in [1.82, 2.24) is 0 Å². The van der Waals surface area contributed by atoms with Gasteiger partial charge in [0.2, 0.25) is 11.7 Å². The first-order valence-corrected chi connectivity index (χ1v) is 5.06. The Morgan fingerprint density at radius 2 is 2.00 bits per heavy atom. The minimum absolute atomic E-state index is 0.0156. The van der Waals surface area contributed by atoms with Crippen molar-refractivity contribution in [1.29, 1.82) is 0 Å². The first-order chi connectivity index (χ1) is 7.58. The molecule has 1 aliphatic heterocycles. The number of amides is 1. The van der Waals surface area contributed by atoms with E-state index in [1.807, 2.05) is 0 Å². The highest BCUT2D eigenvalue weighted by Gasteiger charge is 2.17. The zero-order chi connectivity index (χ0) is 11.7. The van der Waals surface area contributed by atoms with E-state index in [0.717, 1.165) is 11.3 Å². The van der Waals surface area contributed by atoms with Crippen LogP contribution in [0.4, 0.5) is 5.69 Å². The van der Waals surface area contributed by atoms with Gasteiger partial charge in [-0.15, -0.1) is 0 Å². The van der Waals surface area contributed by atoms with Gasteiger partial charge in [0.15, 0.2) is 5.78 Å². The van der Waals surface area contributed by atoms with E-state index in [1.165, 1.54) is 6.92 Å². The molecule has 1 aromatic carbocycles. The second-order valence-corrected chi connectivity index (χ2v) is 3.81. The molecule has 0 aliphatic carbocycles. The first-order valence-electron chi connectivity index (χ1n) is 5.06. The molecule has 0 atom stereocenters. The Balaban J connectivity index is 2.36. The highest BCUT2D eigenvalue weighted by molar-refractivity contribution is 6.42. The normalized spacial score (nSPS) is 13.9. The third-order valence-corrected chi connectivity index (χ3v) is 2.58. The van der Waals surface area contributed by atoms with Crippen LogP contribution in [-0.2, 0) is 16.0 Å². The van der Waals surface area contributed by atoms with Crippen LogP contribution in [0.1, 0.15) is 29.3 Å². The Morgan fingerprint density at radius 3 is 2.69 bits per heavy atom.